The van der Waals surface area contributed by atoms with Gasteiger partial charge in [0, 0.05) is 17.3 Å². The van der Waals surface area contributed by atoms with Crippen molar-refractivity contribution in [2.75, 3.05) is 5.32 Å². The van der Waals surface area contributed by atoms with Crippen LogP contribution in [0.2, 0.25) is 0 Å². The van der Waals surface area contributed by atoms with E-state index in [-0.39, 0.29) is 0 Å². The lowest BCUT2D eigenvalue weighted by Crippen LogP contribution is -2.03. The van der Waals surface area contributed by atoms with Gasteiger partial charge in [0.1, 0.15) is 6.33 Å². The number of aryl methyl sites for hydroxylation is 1. The normalized spacial score (nSPS) is 10.9. The quantitative estimate of drug-likeness (QED) is 0.767. The Bertz CT molecular complexity index is 642. The highest BCUT2D eigenvalue weighted by molar-refractivity contribution is 7.10. The maximum atomic E-state index is 4.28. The number of nitrogens with one attached hydrogen (secondary N) is 1. The van der Waals surface area contributed by atoms with E-state index in [2.05, 4.69) is 38.9 Å². The van der Waals surface area contributed by atoms with Crippen molar-refractivity contribution >= 4 is 22.8 Å². The average Bonchev–Trinajstić information content (AvgIpc) is 2.95. The fourth-order valence-corrected chi connectivity index (χ4v) is 2.48. The molecule has 0 aliphatic rings. The molecule has 0 aliphatic carbocycles. The molecule has 0 bridgehead atoms. The Hall–Kier alpha value is -1.95. The molecule has 6 heteroatoms. The Kier molecular flexibility index (Phi) is 2.49. The number of aromatic nitrogens is 4. The second kappa shape index (κ2) is 4.14. The van der Waals surface area contributed by atoms with E-state index < -0.39 is 0 Å². The highest BCUT2D eigenvalue weighted by atomic mass is 32.1. The van der Waals surface area contributed by atoms with Gasteiger partial charge in [-0.2, -0.15) is 0 Å². The molecule has 3 heterocycles. The van der Waals surface area contributed by atoms with Crippen molar-refractivity contribution < 1.29 is 0 Å². The zero-order valence-corrected chi connectivity index (χ0v) is 10.1. The fraction of sp³-hybridized carbons (Fsp3) is 0.182. The average molecular weight is 245 g/mol. The van der Waals surface area contributed by atoms with Crippen LogP contribution in [-0.4, -0.2) is 19.6 Å². The summed E-state index contributed by atoms with van der Waals surface area (Å²) in [7, 11) is 0. The van der Waals surface area contributed by atoms with Gasteiger partial charge in [-0.15, -0.1) is 21.5 Å². The summed E-state index contributed by atoms with van der Waals surface area (Å²) in [5, 5.41) is 13.3. The molecule has 0 aromatic carbocycles. The molecule has 0 unspecified atom stereocenters. The summed E-state index contributed by atoms with van der Waals surface area (Å²) >= 11 is 1.74. The second-order valence-corrected chi connectivity index (χ2v) is 4.72. The number of fused-ring (bicyclic) bond motifs is 1. The first-order chi connectivity index (χ1) is 8.34. The predicted octanol–water partition coefficient (Wildman–Crippen LogP) is 2.11. The Morgan fingerprint density at radius 3 is 3.24 bits per heavy atom. The summed E-state index contributed by atoms with van der Waals surface area (Å²) in [6, 6.07) is 2.12. The monoisotopic (exact) mass is 245 g/mol. The van der Waals surface area contributed by atoms with Crippen molar-refractivity contribution in [1.29, 1.82) is 0 Å². The van der Waals surface area contributed by atoms with Gasteiger partial charge in [0.25, 0.3) is 0 Å². The lowest BCUT2D eigenvalue weighted by atomic mass is 10.3. The first-order valence-corrected chi connectivity index (χ1v) is 6.14. The first kappa shape index (κ1) is 10.2. The third-order valence-corrected chi connectivity index (χ3v) is 3.62. The van der Waals surface area contributed by atoms with Crippen molar-refractivity contribution in [3.8, 4) is 0 Å². The van der Waals surface area contributed by atoms with E-state index in [1.165, 1.54) is 10.4 Å². The number of nitrogens with zero attached hydrogens (tertiary/aromatic N) is 4. The van der Waals surface area contributed by atoms with Gasteiger partial charge in [0.2, 0.25) is 5.65 Å². The van der Waals surface area contributed by atoms with Crippen LogP contribution in [0.3, 0.4) is 0 Å². The van der Waals surface area contributed by atoms with Gasteiger partial charge in [0.15, 0.2) is 5.82 Å². The molecule has 0 amide bonds. The van der Waals surface area contributed by atoms with Gasteiger partial charge in [-0.25, -0.2) is 4.98 Å². The molecule has 5 nitrogen and oxygen atoms in total. The second-order valence-electron chi connectivity index (χ2n) is 3.72. The van der Waals surface area contributed by atoms with Crippen molar-refractivity contribution in [1.82, 2.24) is 19.6 Å². The molecule has 1 N–H and O–H groups in total. The Morgan fingerprint density at radius 1 is 1.47 bits per heavy atom. The Balaban J connectivity index is 1.86. The van der Waals surface area contributed by atoms with E-state index in [9.17, 15) is 0 Å². The zero-order chi connectivity index (χ0) is 11.7. The molecule has 3 aromatic rings. The number of hydrogen-bond donors (Lipinski definition) is 1. The van der Waals surface area contributed by atoms with Crippen LogP contribution < -0.4 is 5.32 Å². The molecule has 0 fully saturated rings. The summed E-state index contributed by atoms with van der Waals surface area (Å²) < 4.78 is 1.84. The van der Waals surface area contributed by atoms with E-state index in [0.717, 1.165) is 18.0 Å². The SMILES string of the molecule is Cc1ccsc1CNc1nccn2cnnc12. The van der Waals surface area contributed by atoms with Crippen LogP contribution >= 0.6 is 11.3 Å². The minimum absolute atomic E-state index is 0.752. The summed E-state index contributed by atoms with van der Waals surface area (Å²) in [6.07, 6.45) is 5.23. The van der Waals surface area contributed by atoms with Crippen molar-refractivity contribution in [3.63, 3.8) is 0 Å². The smallest absolute Gasteiger partial charge is 0.203 e. The Labute approximate surface area is 102 Å². The van der Waals surface area contributed by atoms with Gasteiger partial charge in [-0.3, -0.25) is 4.40 Å². The van der Waals surface area contributed by atoms with Gasteiger partial charge in [-0.05, 0) is 23.9 Å². The predicted molar refractivity (Wildman–Crippen MR) is 67.2 cm³/mol. The molecular weight excluding hydrogens is 234 g/mol. The van der Waals surface area contributed by atoms with E-state index >= 15 is 0 Å². The summed E-state index contributed by atoms with van der Waals surface area (Å²) in [5.74, 6) is 0.762. The van der Waals surface area contributed by atoms with E-state index in [4.69, 9.17) is 0 Å². The van der Waals surface area contributed by atoms with E-state index in [1.54, 1.807) is 23.9 Å². The molecule has 0 saturated carbocycles. The first-order valence-electron chi connectivity index (χ1n) is 5.26. The standard InChI is InChI=1S/C11H11N5S/c1-8-2-5-17-9(8)6-13-10-11-15-14-7-16(11)4-3-12-10/h2-5,7H,6H2,1H3,(H,12,13). The molecule has 0 saturated heterocycles. The zero-order valence-electron chi connectivity index (χ0n) is 9.29. The maximum Gasteiger partial charge on any atom is 0.203 e. The molecule has 0 radical (unpaired) electrons. The maximum absolute atomic E-state index is 4.28. The number of rotatable bonds is 3. The number of anilines is 1. The Morgan fingerprint density at radius 2 is 2.41 bits per heavy atom. The molecule has 0 atom stereocenters. The minimum Gasteiger partial charge on any atom is -0.362 e. The molecule has 86 valence electrons. The van der Waals surface area contributed by atoms with Gasteiger partial charge < -0.3 is 5.32 Å². The lowest BCUT2D eigenvalue weighted by molar-refractivity contribution is 1.08. The molecule has 3 rings (SSSR count). The molecule has 3 aromatic heterocycles. The molecular formula is C11H11N5S. The van der Waals surface area contributed by atoms with Crippen LogP contribution in [0.1, 0.15) is 10.4 Å². The van der Waals surface area contributed by atoms with Crippen LogP contribution in [0, 0.1) is 6.92 Å². The highest BCUT2D eigenvalue weighted by Crippen LogP contribution is 2.18. The van der Waals surface area contributed by atoms with E-state index in [0.29, 0.717) is 0 Å². The van der Waals surface area contributed by atoms with Gasteiger partial charge >= 0.3 is 0 Å². The van der Waals surface area contributed by atoms with Crippen LogP contribution in [0.4, 0.5) is 5.82 Å². The molecule has 0 spiro atoms. The lowest BCUT2D eigenvalue weighted by Gasteiger charge is -2.05. The third kappa shape index (κ3) is 1.87. The summed E-state index contributed by atoms with van der Waals surface area (Å²) in [6.45, 7) is 2.88. The van der Waals surface area contributed by atoms with Gasteiger partial charge in [0.05, 0.1) is 6.54 Å². The van der Waals surface area contributed by atoms with E-state index in [1.807, 2.05) is 10.6 Å². The topological polar surface area (TPSA) is 55.1 Å². The van der Waals surface area contributed by atoms with Crippen LogP contribution in [0.25, 0.3) is 5.65 Å². The van der Waals surface area contributed by atoms with Crippen LogP contribution in [0.15, 0.2) is 30.2 Å². The van der Waals surface area contributed by atoms with Crippen LogP contribution in [0.5, 0.6) is 0 Å². The number of hydrogen-bond acceptors (Lipinski definition) is 5. The van der Waals surface area contributed by atoms with Crippen molar-refractivity contribution in [3.05, 3.63) is 40.6 Å². The minimum atomic E-state index is 0.752. The highest BCUT2D eigenvalue weighted by Gasteiger charge is 2.05. The number of thiophene rings is 1. The van der Waals surface area contributed by atoms with Crippen LogP contribution in [-0.2, 0) is 6.54 Å². The van der Waals surface area contributed by atoms with Crippen molar-refractivity contribution in [2.24, 2.45) is 0 Å². The van der Waals surface area contributed by atoms with Gasteiger partial charge in [-0.1, -0.05) is 0 Å². The largest absolute Gasteiger partial charge is 0.362 e. The van der Waals surface area contributed by atoms with Crippen molar-refractivity contribution in [2.45, 2.75) is 13.5 Å². The summed E-state index contributed by atoms with van der Waals surface area (Å²) in [4.78, 5) is 5.59. The summed E-state index contributed by atoms with van der Waals surface area (Å²) in [5.41, 5.74) is 2.05. The fourth-order valence-electron chi connectivity index (χ4n) is 1.63. The molecule has 0 aliphatic heterocycles. The third-order valence-electron chi connectivity index (χ3n) is 2.60. The molecule has 17 heavy (non-hydrogen) atoms.